The molecule has 0 unspecified atom stereocenters. The summed E-state index contributed by atoms with van der Waals surface area (Å²) in [5, 5.41) is 14.8. The molecule has 0 spiro atoms. The predicted molar refractivity (Wildman–Crippen MR) is 139 cm³/mol. The number of likely N-dealkylation sites (N-methyl/N-ethyl adjacent to an activating group) is 1. The van der Waals surface area contributed by atoms with Gasteiger partial charge in [-0.2, -0.15) is 0 Å². The maximum absolute atomic E-state index is 12.1. The molecule has 0 bridgehead atoms. The van der Waals surface area contributed by atoms with Gasteiger partial charge in [0.15, 0.2) is 17.3 Å². The molecule has 2 aromatic rings. The molecule has 1 aromatic carbocycles. The third-order valence-corrected chi connectivity index (χ3v) is 6.17. The summed E-state index contributed by atoms with van der Waals surface area (Å²) < 4.78 is 5.80. The number of primary amides is 1. The average molecular weight is 514 g/mol. The minimum absolute atomic E-state index is 0.0876. The summed E-state index contributed by atoms with van der Waals surface area (Å²) in [6.07, 6.45) is 2.18. The molecule has 1 aromatic heterocycles. The molecule has 1 fully saturated rings. The van der Waals surface area contributed by atoms with Crippen molar-refractivity contribution in [3.8, 4) is 5.75 Å². The van der Waals surface area contributed by atoms with Crippen molar-refractivity contribution in [1.29, 1.82) is 0 Å². The van der Waals surface area contributed by atoms with E-state index < -0.39 is 18.0 Å². The molecule has 37 heavy (non-hydrogen) atoms. The predicted octanol–water partition coefficient (Wildman–Crippen LogP) is 2.37. The van der Waals surface area contributed by atoms with Crippen LogP contribution in [0.3, 0.4) is 0 Å². The number of aromatic nitrogens is 2. The van der Waals surface area contributed by atoms with E-state index in [0.717, 1.165) is 42.3 Å². The minimum Gasteiger partial charge on any atom is -0.493 e. The van der Waals surface area contributed by atoms with Crippen molar-refractivity contribution in [3.05, 3.63) is 35.7 Å². The summed E-state index contributed by atoms with van der Waals surface area (Å²) in [5.74, 6) is 0.632. The van der Waals surface area contributed by atoms with Crippen LogP contribution in [0.15, 0.2) is 24.3 Å². The van der Waals surface area contributed by atoms with Crippen LogP contribution in [-0.4, -0.2) is 77.2 Å². The Morgan fingerprint density at radius 3 is 2.62 bits per heavy atom. The highest BCUT2D eigenvalue weighted by Gasteiger charge is 2.23. The molecule has 1 saturated heterocycles. The van der Waals surface area contributed by atoms with Crippen molar-refractivity contribution >= 4 is 35.2 Å². The minimum atomic E-state index is -1.16. The molecule has 0 radical (unpaired) electrons. The number of nitrogens with two attached hydrogens (primary N) is 1. The third-order valence-electron chi connectivity index (χ3n) is 6.17. The number of amides is 3. The smallest absolute Gasteiger partial charge is 0.407 e. The van der Waals surface area contributed by atoms with Crippen LogP contribution in [0, 0.1) is 0 Å². The van der Waals surface area contributed by atoms with Crippen LogP contribution >= 0.6 is 0 Å². The van der Waals surface area contributed by atoms with Gasteiger partial charge in [-0.25, -0.2) is 14.8 Å². The molecular formula is C25H35N7O5. The van der Waals surface area contributed by atoms with Gasteiger partial charge in [0.25, 0.3) is 5.91 Å². The van der Waals surface area contributed by atoms with Crippen molar-refractivity contribution in [2.24, 2.45) is 5.73 Å². The average Bonchev–Trinajstić information content (AvgIpc) is 3.42. The molecular weight excluding hydrogens is 478 g/mol. The van der Waals surface area contributed by atoms with Gasteiger partial charge in [-0.3, -0.25) is 14.5 Å². The standard InChI is InChI=1S/C25H35N7O5/c1-4-19-23(32-12-5-6-13-32)30-22(20(29-19)21(26)33)28-17-9-7-10-18(15-17)37-14-8-11-27-24(34)16(2)31(3)25(35)36/h7,9-10,15-16H,4-6,8,11-14H2,1-3H3,(H2,26,33)(H,27,34)(H,28,30)(H,35,36)/t16-/m0/s1. The normalized spacial score (nSPS) is 13.6. The lowest BCUT2D eigenvalue weighted by Gasteiger charge is -2.21. The zero-order valence-electron chi connectivity index (χ0n) is 21.5. The molecule has 0 saturated carbocycles. The van der Waals surface area contributed by atoms with E-state index in [1.54, 1.807) is 12.1 Å². The van der Waals surface area contributed by atoms with Gasteiger partial charge in [-0.15, -0.1) is 0 Å². The number of benzene rings is 1. The van der Waals surface area contributed by atoms with Crippen molar-refractivity contribution in [1.82, 2.24) is 20.2 Å². The Hall–Kier alpha value is -4.09. The number of carbonyl (C=O) groups excluding carboxylic acids is 2. The fraction of sp³-hybridized carbons (Fsp3) is 0.480. The number of hydrogen-bond donors (Lipinski definition) is 4. The van der Waals surface area contributed by atoms with Crippen LogP contribution < -0.4 is 26.0 Å². The van der Waals surface area contributed by atoms with Gasteiger partial charge in [0.05, 0.1) is 12.3 Å². The second-order valence-corrected chi connectivity index (χ2v) is 8.82. The fourth-order valence-corrected chi connectivity index (χ4v) is 3.90. The molecule has 3 amide bonds. The molecule has 5 N–H and O–H groups in total. The number of hydrogen-bond acceptors (Lipinski definition) is 8. The summed E-state index contributed by atoms with van der Waals surface area (Å²) in [6, 6.07) is 6.42. The molecule has 1 aliphatic rings. The summed E-state index contributed by atoms with van der Waals surface area (Å²) in [6.45, 7) is 5.98. The van der Waals surface area contributed by atoms with Crippen LogP contribution in [0.1, 0.15) is 49.3 Å². The van der Waals surface area contributed by atoms with E-state index in [0.29, 0.717) is 43.2 Å². The maximum Gasteiger partial charge on any atom is 0.407 e. The summed E-state index contributed by atoms with van der Waals surface area (Å²) in [4.78, 5) is 47.5. The van der Waals surface area contributed by atoms with Gasteiger partial charge in [0.2, 0.25) is 5.91 Å². The van der Waals surface area contributed by atoms with Crippen molar-refractivity contribution in [2.75, 3.05) is 43.5 Å². The molecule has 12 heteroatoms. The number of rotatable bonds is 12. The van der Waals surface area contributed by atoms with Gasteiger partial charge in [0.1, 0.15) is 11.8 Å². The van der Waals surface area contributed by atoms with Crippen LogP contribution in [0.4, 0.5) is 22.1 Å². The van der Waals surface area contributed by atoms with E-state index in [1.165, 1.54) is 14.0 Å². The Morgan fingerprint density at radius 1 is 1.24 bits per heavy atom. The van der Waals surface area contributed by atoms with Gasteiger partial charge in [0, 0.05) is 38.4 Å². The van der Waals surface area contributed by atoms with Crippen LogP contribution in [0.2, 0.25) is 0 Å². The Balaban J connectivity index is 1.61. The number of carbonyl (C=O) groups is 3. The number of nitrogens with zero attached hydrogens (tertiary/aromatic N) is 4. The summed E-state index contributed by atoms with van der Waals surface area (Å²) >= 11 is 0. The quantitative estimate of drug-likeness (QED) is 0.312. The van der Waals surface area contributed by atoms with Crippen molar-refractivity contribution < 1.29 is 24.2 Å². The summed E-state index contributed by atoms with van der Waals surface area (Å²) in [7, 11) is 1.35. The lowest BCUT2D eigenvalue weighted by Crippen LogP contribution is -2.45. The van der Waals surface area contributed by atoms with Gasteiger partial charge >= 0.3 is 6.09 Å². The number of ether oxygens (including phenoxy) is 1. The molecule has 2 heterocycles. The van der Waals surface area contributed by atoms with Gasteiger partial charge in [-0.05, 0) is 44.7 Å². The van der Waals surface area contributed by atoms with Crippen LogP contribution in [0.25, 0.3) is 0 Å². The first kappa shape index (κ1) is 27.5. The van der Waals surface area contributed by atoms with Crippen LogP contribution in [-0.2, 0) is 11.2 Å². The Labute approximate surface area is 216 Å². The zero-order chi connectivity index (χ0) is 26.9. The SMILES string of the molecule is CCc1nc(C(N)=O)c(Nc2cccc(OCCCNC(=O)[C@H](C)N(C)C(=O)O)c2)nc1N1CCCC1. The summed E-state index contributed by atoms with van der Waals surface area (Å²) in [5.41, 5.74) is 7.10. The topological polar surface area (TPSA) is 163 Å². The zero-order valence-corrected chi connectivity index (χ0v) is 21.5. The highest BCUT2D eigenvalue weighted by Crippen LogP contribution is 2.28. The highest BCUT2D eigenvalue weighted by molar-refractivity contribution is 5.96. The number of nitrogens with one attached hydrogen (secondary N) is 2. The number of anilines is 3. The van der Waals surface area contributed by atoms with Crippen molar-refractivity contribution in [2.45, 2.75) is 45.6 Å². The first-order valence-electron chi connectivity index (χ1n) is 12.4. The van der Waals surface area contributed by atoms with Crippen molar-refractivity contribution in [3.63, 3.8) is 0 Å². The lowest BCUT2D eigenvalue weighted by atomic mass is 10.2. The van der Waals surface area contributed by atoms with E-state index in [-0.39, 0.29) is 11.6 Å². The van der Waals surface area contributed by atoms with E-state index >= 15 is 0 Å². The van der Waals surface area contributed by atoms with E-state index in [1.807, 2.05) is 19.1 Å². The molecule has 200 valence electrons. The number of carboxylic acid groups (broad SMARTS) is 1. The van der Waals surface area contributed by atoms with E-state index in [2.05, 4.69) is 20.5 Å². The first-order chi connectivity index (χ1) is 17.7. The lowest BCUT2D eigenvalue weighted by molar-refractivity contribution is -0.124. The van der Waals surface area contributed by atoms with Gasteiger partial charge < -0.3 is 31.1 Å². The number of aryl methyl sites for hydroxylation is 1. The molecule has 12 nitrogen and oxygen atoms in total. The highest BCUT2D eigenvalue weighted by atomic mass is 16.5. The van der Waals surface area contributed by atoms with Crippen LogP contribution in [0.5, 0.6) is 5.75 Å². The monoisotopic (exact) mass is 513 g/mol. The Kier molecular flexibility index (Phi) is 9.47. The fourth-order valence-electron chi connectivity index (χ4n) is 3.90. The molecule has 3 rings (SSSR count). The molecule has 1 aliphatic heterocycles. The Bertz CT molecular complexity index is 1120. The molecule has 1 atom stereocenters. The largest absolute Gasteiger partial charge is 0.493 e. The van der Waals surface area contributed by atoms with E-state index in [9.17, 15) is 14.4 Å². The Morgan fingerprint density at radius 2 is 1.97 bits per heavy atom. The first-order valence-corrected chi connectivity index (χ1v) is 12.4. The maximum atomic E-state index is 12.1. The van der Waals surface area contributed by atoms with Gasteiger partial charge in [-0.1, -0.05) is 13.0 Å². The second kappa shape index (κ2) is 12.7. The second-order valence-electron chi connectivity index (χ2n) is 8.82. The molecule has 0 aliphatic carbocycles. The third kappa shape index (κ3) is 7.21. The van der Waals surface area contributed by atoms with E-state index in [4.69, 9.17) is 20.6 Å².